The number of carbonyl (C=O) groups excluding carboxylic acids is 2. The zero-order valence-corrected chi connectivity index (χ0v) is 14.8. The van der Waals surface area contributed by atoms with E-state index in [-0.39, 0.29) is 17.3 Å². The molecule has 1 amide bonds. The summed E-state index contributed by atoms with van der Waals surface area (Å²) in [5.41, 5.74) is 3.05. The molecule has 0 saturated carbocycles. The van der Waals surface area contributed by atoms with Crippen molar-refractivity contribution in [2.75, 3.05) is 6.61 Å². The molecule has 2 aromatic carbocycles. The molecule has 136 valence electrons. The van der Waals surface area contributed by atoms with Gasteiger partial charge in [0.15, 0.2) is 6.61 Å². The van der Waals surface area contributed by atoms with E-state index < -0.39 is 23.4 Å². The molecular formula is C19H20N2O5. The van der Waals surface area contributed by atoms with E-state index in [4.69, 9.17) is 4.74 Å². The molecule has 2 aromatic rings. The molecule has 0 heterocycles. The fourth-order valence-corrected chi connectivity index (χ4v) is 2.36. The van der Waals surface area contributed by atoms with Crippen molar-refractivity contribution in [3.63, 3.8) is 0 Å². The summed E-state index contributed by atoms with van der Waals surface area (Å²) >= 11 is 0. The van der Waals surface area contributed by atoms with Gasteiger partial charge in [0.2, 0.25) is 0 Å². The molecule has 2 rings (SSSR count). The maximum absolute atomic E-state index is 12.0. The second kappa shape index (κ2) is 8.24. The van der Waals surface area contributed by atoms with Crippen molar-refractivity contribution in [2.45, 2.75) is 26.8 Å². The monoisotopic (exact) mass is 356 g/mol. The Hall–Kier alpha value is -3.22. The van der Waals surface area contributed by atoms with Crippen molar-refractivity contribution in [2.24, 2.45) is 0 Å². The van der Waals surface area contributed by atoms with Crippen molar-refractivity contribution in [3.05, 3.63) is 74.8 Å². The Labute approximate surface area is 151 Å². The molecule has 0 bridgehead atoms. The van der Waals surface area contributed by atoms with Gasteiger partial charge in [-0.3, -0.25) is 14.9 Å². The number of nitro benzene ring substituents is 1. The highest BCUT2D eigenvalue weighted by Gasteiger charge is 2.15. The van der Waals surface area contributed by atoms with Gasteiger partial charge in [-0.1, -0.05) is 24.3 Å². The van der Waals surface area contributed by atoms with Crippen LogP contribution in [0.3, 0.4) is 0 Å². The molecule has 7 nitrogen and oxygen atoms in total. The second-order valence-electron chi connectivity index (χ2n) is 6.02. The average molecular weight is 356 g/mol. The van der Waals surface area contributed by atoms with Crippen molar-refractivity contribution in [3.8, 4) is 0 Å². The Kier molecular flexibility index (Phi) is 6.06. The first kappa shape index (κ1) is 19.1. The molecule has 7 heteroatoms. The van der Waals surface area contributed by atoms with E-state index in [0.717, 1.165) is 22.8 Å². The number of nitro groups is 1. The lowest BCUT2D eigenvalue weighted by Crippen LogP contribution is -2.31. The number of hydrogen-bond acceptors (Lipinski definition) is 5. The van der Waals surface area contributed by atoms with Crippen LogP contribution in [0.25, 0.3) is 0 Å². The van der Waals surface area contributed by atoms with Gasteiger partial charge >= 0.3 is 5.97 Å². The Bertz CT molecular complexity index is 848. The standard InChI is InChI=1S/C19H20N2O5/c1-12-7-8-15(9-13(12)2)14(3)20-18(22)11-26-19(23)16-5-4-6-17(10-16)21(24)25/h4-10,14H,11H2,1-3H3,(H,20,22)/t14-/m1/s1. The number of aryl methyl sites for hydroxylation is 2. The molecule has 0 spiro atoms. The van der Waals surface area contributed by atoms with E-state index >= 15 is 0 Å². The number of hydrogen-bond donors (Lipinski definition) is 1. The fraction of sp³-hybridized carbons (Fsp3) is 0.263. The van der Waals surface area contributed by atoms with E-state index in [0.29, 0.717) is 0 Å². The minimum atomic E-state index is -0.789. The predicted octanol–water partition coefficient (Wildman–Crippen LogP) is 3.25. The van der Waals surface area contributed by atoms with Crippen LogP contribution in [-0.2, 0) is 9.53 Å². The van der Waals surface area contributed by atoms with Crippen molar-refractivity contribution < 1.29 is 19.2 Å². The summed E-state index contributed by atoms with van der Waals surface area (Å²) < 4.78 is 4.93. The smallest absolute Gasteiger partial charge is 0.338 e. The molecule has 1 N–H and O–H groups in total. The summed E-state index contributed by atoms with van der Waals surface area (Å²) in [7, 11) is 0. The van der Waals surface area contributed by atoms with Crippen molar-refractivity contribution in [1.82, 2.24) is 5.32 Å². The highest BCUT2D eigenvalue weighted by atomic mass is 16.6. The van der Waals surface area contributed by atoms with Gasteiger partial charge in [-0.15, -0.1) is 0 Å². The van der Waals surface area contributed by atoms with E-state index in [2.05, 4.69) is 5.32 Å². The predicted molar refractivity (Wildman–Crippen MR) is 95.9 cm³/mol. The van der Waals surface area contributed by atoms with Gasteiger partial charge in [0.05, 0.1) is 16.5 Å². The van der Waals surface area contributed by atoms with Crippen LogP contribution >= 0.6 is 0 Å². The van der Waals surface area contributed by atoms with E-state index in [1.54, 1.807) is 0 Å². The summed E-state index contributed by atoms with van der Waals surface area (Å²) in [4.78, 5) is 34.1. The molecule has 0 radical (unpaired) electrons. The van der Waals surface area contributed by atoms with Crippen LogP contribution in [0.2, 0.25) is 0 Å². The van der Waals surface area contributed by atoms with Crippen molar-refractivity contribution in [1.29, 1.82) is 0 Å². The van der Waals surface area contributed by atoms with Gasteiger partial charge in [-0.25, -0.2) is 4.79 Å². The van der Waals surface area contributed by atoms with Crippen molar-refractivity contribution >= 4 is 17.6 Å². The third kappa shape index (κ3) is 4.89. The van der Waals surface area contributed by atoms with Gasteiger partial charge in [-0.2, -0.15) is 0 Å². The van der Waals surface area contributed by atoms with E-state index in [1.807, 2.05) is 39.0 Å². The lowest BCUT2D eigenvalue weighted by atomic mass is 10.0. The Morgan fingerprint density at radius 1 is 1.15 bits per heavy atom. The molecule has 0 aliphatic carbocycles. The van der Waals surface area contributed by atoms with E-state index in [1.165, 1.54) is 18.2 Å². The maximum Gasteiger partial charge on any atom is 0.338 e. The molecule has 0 saturated heterocycles. The third-order valence-electron chi connectivity index (χ3n) is 4.04. The lowest BCUT2D eigenvalue weighted by Gasteiger charge is -2.15. The highest BCUT2D eigenvalue weighted by molar-refractivity contribution is 5.92. The van der Waals surface area contributed by atoms with Gasteiger partial charge < -0.3 is 10.1 Å². The quantitative estimate of drug-likeness (QED) is 0.487. The Morgan fingerprint density at radius 2 is 1.88 bits per heavy atom. The van der Waals surface area contributed by atoms with Crippen LogP contribution in [0.4, 0.5) is 5.69 Å². The zero-order valence-electron chi connectivity index (χ0n) is 14.8. The molecule has 26 heavy (non-hydrogen) atoms. The minimum absolute atomic E-state index is 0.0224. The van der Waals surface area contributed by atoms with Crippen LogP contribution < -0.4 is 5.32 Å². The molecular weight excluding hydrogens is 336 g/mol. The number of benzene rings is 2. The van der Waals surface area contributed by atoms with Crippen LogP contribution in [0.1, 0.15) is 40.0 Å². The first-order valence-electron chi connectivity index (χ1n) is 8.06. The fourth-order valence-electron chi connectivity index (χ4n) is 2.36. The third-order valence-corrected chi connectivity index (χ3v) is 4.04. The molecule has 1 atom stereocenters. The van der Waals surface area contributed by atoms with Gasteiger partial charge in [0.1, 0.15) is 0 Å². The van der Waals surface area contributed by atoms with Gasteiger partial charge in [0, 0.05) is 12.1 Å². The first-order chi connectivity index (χ1) is 12.3. The molecule has 0 aromatic heterocycles. The summed E-state index contributed by atoms with van der Waals surface area (Å²) in [6.45, 7) is 5.38. The SMILES string of the molecule is Cc1ccc([C@@H](C)NC(=O)COC(=O)c2cccc([N+](=O)[O-])c2)cc1C. The first-order valence-corrected chi connectivity index (χ1v) is 8.06. The summed E-state index contributed by atoms with van der Waals surface area (Å²) in [6.07, 6.45) is 0. The topological polar surface area (TPSA) is 98.5 Å². The van der Waals surface area contributed by atoms with Gasteiger partial charge in [-0.05, 0) is 43.5 Å². The Morgan fingerprint density at radius 3 is 2.54 bits per heavy atom. The zero-order chi connectivity index (χ0) is 19.3. The highest BCUT2D eigenvalue weighted by Crippen LogP contribution is 2.17. The minimum Gasteiger partial charge on any atom is -0.452 e. The average Bonchev–Trinajstić information content (AvgIpc) is 2.62. The normalized spacial score (nSPS) is 11.5. The Balaban J connectivity index is 1.91. The number of rotatable bonds is 6. The molecule has 0 unspecified atom stereocenters. The van der Waals surface area contributed by atoms with Crippen LogP contribution in [0.15, 0.2) is 42.5 Å². The van der Waals surface area contributed by atoms with Crippen LogP contribution in [-0.4, -0.2) is 23.4 Å². The number of non-ortho nitro benzene ring substituents is 1. The number of carbonyl (C=O) groups is 2. The number of ether oxygens (including phenoxy) is 1. The van der Waals surface area contributed by atoms with Crippen LogP contribution in [0, 0.1) is 24.0 Å². The maximum atomic E-state index is 12.0. The summed E-state index contributed by atoms with van der Waals surface area (Å²) in [6, 6.07) is 10.8. The number of nitrogens with one attached hydrogen (secondary N) is 1. The molecule has 0 fully saturated rings. The summed E-state index contributed by atoms with van der Waals surface area (Å²) in [5.74, 6) is -1.24. The second-order valence-corrected chi connectivity index (χ2v) is 6.02. The number of amides is 1. The largest absolute Gasteiger partial charge is 0.452 e. The van der Waals surface area contributed by atoms with Gasteiger partial charge in [0.25, 0.3) is 11.6 Å². The van der Waals surface area contributed by atoms with Crippen LogP contribution in [0.5, 0.6) is 0 Å². The number of nitrogens with zero attached hydrogens (tertiary/aromatic N) is 1. The molecule has 0 aliphatic rings. The molecule has 0 aliphatic heterocycles. The summed E-state index contributed by atoms with van der Waals surface area (Å²) in [5, 5.41) is 13.5. The lowest BCUT2D eigenvalue weighted by molar-refractivity contribution is -0.384. The van der Waals surface area contributed by atoms with E-state index in [9.17, 15) is 19.7 Å². The number of esters is 1.